The van der Waals surface area contributed by atoms with Crippen molar-refractivity contribution >= 4 is 17.3 Å². The van der Waals surface area contributed by atoms with E-state index >= 15 is 0 Å². The Bertz CT molecular complexity index is 665. The van der Waals surface area contributed by atoms with Crippen LogP contribution in [0, 0.1) is 13.8 Å². The molecule has 0 heterocycles. The lowest BCUT2D eigenvalue weighted by atomic mass is 10.0. The summed E-state index contributed by atoms with van der Waals surface area (Å²) in [6, 6.07) is 11.5. The van der Waals surface area contributed by atoms with Crippen LogP contribution in [0.1, 0.15) is 34.0 Å². The summed E-state index contributed by atoms with van der Waals surface area (Å²) in [6.45, 7) is 5.98. The van der Waals surface area contributed by atoms with E-state index in [0.29, 0.717) is 5.56 Å². The number of hydrogen-bond acceptors (Lipinski definition) is 3. The molecule has 0 aliphatic carbocycles. The molecule has 4 nitrogen and oxygen atoms in total. The van der Waals surface area contributed by atoms with Crippen molar-refractivity contribution in [3.8, 4) is 0 Å². The van der Waals surface area contributed by atoms with E-state index in [1.165, 1.54) is 0 Å². The Hall–Kier alpha value is -2.33. The minimum Gasteiger partial charge on any atom is -0.324 e. The lowest BCUT2D eigenvalue weighted by Crippen LogP contribution is -2.16. The van der Waals surface area contributed by atoms with Gasteiger partial charge in [-0.05, 0) is 55.2 Å². The van der Waals surface area contributed by atoms with Crippen LogP contribution in [0.25, 0.3) is 0 Å². The maximum absolute atomic E-state index is 12.5. The lowest BCUT2D eigenvalue weighted by molar-refractivity contribution is 0.102. The summed E-state index contributed by atoms with van der Waals surface area (Å²) in [6.07, 6.45) is 0.881. The van der Waals surface area contributed by atoms with Crippen molar-refractivity contribution in [2.75, 3.05) is 10.7 Å². The van der Waals surface area contributed by atoms with Crippen molar-refractivity contribution < 1.29 is 4.79 Å². The fraction of sp³-hybridized carbons (Fsp3) is 0.235. The molecule has 21 heavy (non-hydrogen) atoms. The molecule has 0 saturated heterocycles. The number of rotatable bonds is 4. The van der Waals surface area contributed by atoms with E-state index in [-0.39, 0.29) is 5.91 Å². The SMILES string of the molecule is CCc1cccc(C)c1NC(=O)c1ccc(NN)cc1C. The third-order valence-electron chi connectivity index (χ3n) is 3.62. The van der Waals surface area contributed by atoms with Crippen LogP contribution in [-0.4, -0.2) is 5.91 Å². The highest BCUT2D eigenvalue weighted by atomic mass is 16.1. The molecule has 2 rings (SSSR count). The van der Waals surface area contributed by atoms with Gasteiger partial charge < -0.3 is 10.7 Å². The average molecular weight is 283 g/mol. The molecule has 1 amide bonds. The number of carbonyl (C=O) groups is 1. The van der Waals surface area contributed by atoms with Crippen LogP contribution in [0.2, 0.25) is 0 Å². The molecule has 0 atom stereocenters. The van der Waals surface area contributed by atoms with Gasteiger partial charge in [-0.1, -0.05) is 25.1 Å². The Morgan fingerprint density at radius 2 is 1.90 bits per heavy atom. The molecule has 110 valence electrons. The number of amides is 1. The molecule has 0 aliphatic rings. The molecule has 0 aliphatic heterocycles. The molecule has 0 fully saturated rings. The Morgan fingerprint density at radius 3 is 2.52 bits per heavy atom. The normalized spacial score (nSPS) is 10.3. The number of aryl methyl sites for hydroxylation is 3. The number of para-hydroxylation sites is 1. The molecule has 2 aromatic rings. The van der Waals surface area contributed by atoms with Crippen molar-refractivity contribution in [1.29, 1.82) is 0 Å². The molecule has 4 heteroatoms. The Labute approximate surface area is 125 Å². The summed E-state index contributed by atoms with van der Waals surface area (Å²) in [5, 5.41) is 3.03. The van der Waals surface area contributed by atoms with Crippen LogP contribution in [0.3, 0.4) is 0 Å². The molecule has 0 spiro atoms. The zero-order valence-corrected chi connectivity index (χ0v) is 12.7. The first kappa shape index (κ1) is 15.1. The van der Waals surface area contributed by atoms with E-state index in [0.717, 1.165) is 34.5 Å². The van der Waals surface area contributed by atoms with Crippen LogP contribution in [0.4, 0.5) is 11.4 Å². The molecule has 0 saturated carbocycles. The summed E-state index contributed by atoms with van der Waals surface area (Å²) < 4.78 is 0. The third-order valence-corrected chi connectivity index (χ3v) is 3.62. The van der Waals surface area contributed by atoms with Crippen LogP contribution in [0.15, 0.2) is 36.4 Å². The number of nitrogens with two attached hydrogens (primary N) is 1. The maximum atomic E-state index is 12.5. The zero-order chi connectivity index (χ0) is 15.4. The first-order valence-electron chi connectivity index (χ1n) is 7.04. The quantitative estimate of drug-likeness (QED) is 0.595. The van der Waals surface area contributed by atoms with Gasteiger partial charge in [0.25, 0.3) is 5.91 Å². The minimum absolute atomic E-state index is 0.0972. The number of benzene rings is 2. The lowest BCUT2D eigenvalue weighted by Gasteiger charge is -2.14. The highest BCUT2D eigenvalue weighted by Gasteiger charge is 2.12. The van der Waals surface area contributed by atoms with Gasteiger partial charge in [-0.15, -0.1) is 0 Å². The summed E-state index contributed by atoms with van der Waals surface area (Å²) in [5.74, 6) is 5.28. The van der Waals surface area contributed by atoms with Gasteiger partial charge in [0.1, 0.15) is 0 Å². The summed E-state index contributed by atoms with van der Waals surface area (Å²) in [4.78, 5) is 12.5. The number of hydrazine groups is 1. The Balaban J connectivity index is 2.30. The standard InChI is InChI=1S/C17H21N3O/c1-4-13-7-5-6-11(2)16(13)19-17(21)15-9-8-14(20-18)10-12(15)3/h5-10,20H,4,18H2,1-3H3,(H,19,21). The topological polar surface area (TPSA) is 67.2 Å². The molecular formula is C17H21N3O. The van der Waals surface area contributed by atoms with Gasteiger partial charge in [-0.25, -0.2) is 0 Å². The average Bonchev–Trinajstić information content (AvgIpc) is 2.48. The second-order valence-electron chi connectivity index (χ2n) is 5.09. The second kappa shape index (κ2) is 6.41. The predicted octanol–water partition coefficient (Wildman–Crippen LogP) is 3.40. The number of nitrogens with one attached hydrogen (secondary N) is 2. The van der Waals surface area contributed by atoms with E-state index < -0.39 is 0 Å². The van der Waals surface area contributed by atoms with Gasteiger partial charge in [0.15, 0.2) is 0 Å². The fourth-order valence-corrected chi connectivity index (χ4v) is 2.39. The van der Waals surface area contributed by atoms with Crippen molar-refractivity contribution in [2.45, 2.75) is 27.2 Å². The van der Waals surface area contributed by atoms with Crippen LogP contribution >= 0.6 is 0 Å². The molecule has 0 bridgehead atoms. The van der Waals surface area contributed by atoms with Crippen molar-refractivity contribution in [2.24, 2.45) is 5.84 Å². The van der Waals surface area contributed by atoms with E-state index in [1.54, 1.807) is 12.1 Å². The first-order valence-corrected chi connectivity index (χ1v) is 7.04. The van der Waals surface area contributed by atoms with Crippen molar-refractivity contribution in [1.82, 2.24) is 0 Å². The van der Waals surface area contributed by atoms with Gasteiger partial charge in [0.05, 0.1) is 0 Å². The van der Waals surface area contributed by atoms with Crippen LogP contribution < -0.4 is 16.6 Å². The Kier molecular flexibility index (Phi) is 4.60. The zero-order valence-electron chi connectivity index (χ0n) is 12.7. The molecular weight excluding hydrogens is 262 g/mol. The number of anilines is 2. The number of hydrogen-bond donors (Lipinski definition) is 3. The summed E-state index contributed by atoms with van der Waals surface area (Å²) in [5.41, 5.74) is 8.02. The minimum atomic E-state index is -0.0972. The largest absolute Gasteiger partial charge is 0.324 e. The molecule has 0 aromatic heterocycles. The summed E-state index contributed by atoms with van der Waals surface area (Å²) in [7, 11) is 0. The van der Waals surface area contributed by atoms with Crippen LogP contribution in [-0.2, 0) is 6.42 Å². The van der Waals surface area contributed by atoms with E-state index in [1.807, 2.05) is 38.1 Å². The van der Waals surface area contributed by atoms with Gasteiger partial charge in [0.2, 0.25) is 0 Å². The number of nitrogen functional groups attached to an aromatic ring is 1. The molecule has 0 radical (unpaired) electrons. The predicted molar refractivity (Wildman–Crippen MR) is 87.5 cm³/mol. The van der Waals surface area contributed by atoms with Crippen molar-refractivity contribution in [3.05, 3.63) is 58.7 Å². The highest BCUT2D eigenvalue weighted by molar-refractivity contribution is 6.06. The monoisotopic (exact) mass is 283 g/mol. The summed E-state index contributed by atoms with van der Waals surface area (Å²) >= 11 is 0. The van der Waals surface area contributed by atoms with Crippen molar-refractivity contribution in [3.63, 3.8) is 0 Å². The van der Waals surface area contributed by atoms with Gasteiger partial charge in [0, 0.05) is 16.9 Å². The van der Waals surface area contributed by atoms with E-state index in [2.05, 4.69) is 17.7 Å². The van der Waals surface area contributed by atoms with Gasteiger partial charge >= 0.3 is 0 Å². The molecule has 4 N–H and O–H groups in total. The fourth-order valence-electron chi connectivity index (χ4n) is 2.39. The highest BCUT2D eigenvalue weighted by Crippen LogP contribution is 2.23. The molecule has 2 aromatic carbocycles. The Morgan fingerprint density at radius 1 is 1.14 bits per heavy atom. The van der Waals surface area contributed by atoms with Gasteiger partial charge in [-0.3, -0.25) is 10.6 Å². The number of carbonyl (C=O) groups excluding carboxylic acids is 1. The molecule has 0 unspecified atom stereocenters. The third kappa shape index (κ3) is 3.23. The van der Waals surface area contributed by atoms with E-state index in [4.69, 9.17) is 5.84 Å². The second-order valence-corrected chi connectivity index (χ2v) is 5.09. The van der Waals surface area contributed by atoms with Gasteiger partial charge in [-0.2, -0.15) is 0 Å². The van der Waals surface area contributed by atoms with E-state index in [9.17, 15) is 4.79 Å². The maximum Gasteiger partial charge on any atom is 0.255 e. The van der Waals surface area contributed by atoms with Crippen LogP contribution in [0.5, 0.6) is 0 Å². The first-order chi connectivity index (χ1) is 10.1. The smallest absolute Gasteiger partial charge is 0.255 e.